The summed E-state index contributed by atoms with van der Waals surface area (Å²) in [5.74, 6) is 0.315. The summed E-state index contributed by atoms with van der Waals surface area (Å²) < 4.78 is 0. The van der Waals surface area contributed by atoms with Crippen molar-refractivity contribution >= 4 is 5.91 Å². The second kappa shape index (κ2) is 6.12. The minimum atomic E-state index is -0.0276. The Morgan fingerprint density at radius 2 is 2.12 bits per heavy atom. The predicted octanol–water partition coefficient (Wildman–Crippen LogP) is 0.926. The fourth-order valence-electron chi connectivity index (χ4n) is 1.41. The van der Waals surface area contributed by atoms with E-state index in [2.05, 4.69) is 10.6 Å². The Labute approximate surface area is 95.7 Å². The molecular weight excluding hydrogens is 204 g/mol. The van der Waals surface area contributed by atoms with Crippen LogP contribution in [-0.2, 0) is 11.3 Å². The highest BCUT2D eigenvalue weighted by Gasteiger charge is 2.02. The summed E-state index contributed by atoms with van der Waals surface area (Å²) >= 11 is 0. The van der Waals surface area contributed by atoms with Gasteiger partial charge in [-0.2, -0.15) is 0 Å². The van der Waals surface area contributed by atoms with Crippen molar-refractivity contribution in [3.8, 4) is 5.75 Å². The Kier molecular flexibility index (Phi) is 4.79. The molecule has 1 aromatic carbocycles. The summed E-state index contributed by atoms with van der Waals surface area (Å²) in [6.07, 6.45) is 0. The molecule has 88 valence electrons. The third kappa shape index (κ3) is 3.90. The Balaban J connectivity index is 2.32. The summed E-state index contributed by atoms with van der Waals surface area (Å²) in [7, 11) is 0. The number of nitrogens with one attached hydrogen (secondary N) is 2. The van der Waals surface area contributed by atoms with Gasteiger partial charge in [0.05, 0.1) is 0 Å². The van der Waals surface area contributed by atoms with E-state index in [0.717, 1.165) is 11.1 Å². The molecule has 0 bridgehead atoms. The van der Waals surface area contributed by atoms with Crippen LogP contribution in [0, 0.1) is 6.92 Å². The minimum Gasteiger partial charge on any atom is -0.507 e. The SMILES string of the molecule is CC(=O)NCCNCc1cccc(C)c1O. The van der Waals surface area contributed by atoms with Crippen LogP contribution >= 0.6 is 0 Å². The van der Waals surface area contributed by atoms with Gasteiger partial charge in [0.2, 0.25) is 5.91 Å². The monoisotopic (exact) mass is 222 g/mol. The van der Waals surface area contributed by atoms with Crippen molar-refractivity contribution in [2.24, 2.45) is 0 Å². The first-order chi connectivity index (χ1) is 7.61. The Bertz CT molecular complexity index is 364. The van der Waals surface area contributed by atoms with E-state index in [4.69, 9.17) is 0 Å². The van der Waals surface area contributed by atoms with Crippen molar-refractivity contribution in [3.63, 3.8) is 0 Å². The summed E-state index contributed by atoms with van der Waals surface area (Å²) in [6.45, 7) is 5.25. The van der Waals surface area contributed by atoms with Crippen LogP contribution in [0.5, 0.6) is 5.75 Å². The molecular formula is C12H18N2O2. The topological polar surface area (TPSA) is 61.4 Å². The summed E-state index contributed by atoms with van der Waals surface area (Å²) in [5, 5.41) is 15.6. The molecule has 0 saturated heterocycles. The molecule has 1 rings (SSSR count). The molecule has 3 N–H and O–H groups in total. The Morgan fingerprint density at radius 1 is 1.38 bits per heavy atom. The number of carbonyl (C=O) groups is 1. The van der Waals surface area contributed by atoms with Crippen LogP contribution in [0.4, 0.5) is 0 Å². The van der Waals surface area contributed by atoms with E-state index in [1.807, 2.05) is 25.1 Å². The van der Waals surface area contributed by atoms with Gasteiger partial charge in [-0.15, -0.1) is 0 Å². The molecule has 0 unspecified atom stereocenters. The van der Waals surface area contributed by atoms with Gasteiger partial charge in [-0.25, -0.2) is 0 Å². The van der Waals surface area contributed by atoms with Gasteiger partial charge in [0.1, 0.15) is 5.75 Å². The number of amides is 1. The molecule has 0 aliphatic rings. The van der Waals surface area contributed by atoms with E-state index in [1.165, 1.54) is 6.92 Å². The van der Waals surface area contributed by atoms with Crippen LogP contribution < -0.4 is 10.6 Å². The molecule has 0 aliphatic carbocycles. The number of rotatable bonds is 5. The van der Waals surface area contributed by atoms with E-state index < -0.39 is 0 Å². The summed E-state index contributed by atoms with van der Waals surface area (Å²) in [6, 6.07) is 5.67. The lowest BCUT2D eigenvalue weighted by molar-refractivity contribution is -0.118. The molecule has 1 aromatic rings. The van der Waals surface area contributed by atoms with Crippen molar-refractivity contribution in [3.05, 3.63) is 29.3 Å². The number of para-hydroxylation sites is 1. The second-order valence-corrected chi connectivity index (χ2v) is 3.74. The van der Waals surface area contributed by atoms with Gasteiger partial charge >= 0.3 is 0 Å². The largest absolute Gasteiger partial charge is 0.507 e. The Morgan fingerprint density at radius 3 is 2.81 bits per heavy atom. The van der Waals surface area contributed by atoms with Crippen molar-refractivity contribution in [2.75, 3.05) is 13.1 Å². The molecule has 0 spiro atoms. The average molecular weight is 222 g/mol. The minimum absolute atomic E-state index is 0.0276. The van der Waals surface area contributed by atoms with Crippen LogP contribution in [0.25, 0.3) is 0 Å². The third-order valence-electron chi connectivity index (χ3n) is 2.31. The van der Waals surface area contributed by atoms with Crippen molar-refractivity contribution < 1.29 is 9.90 Å². The first-order valence-electron chi connectivity index (χ1n) is 5.34. The van der Waals surface area contributed by atoms with Crippen molar-refractivity contribution in [1.29, 1.82) is 0 Å². The van der Waals surface area contributed by atoms with E-state index >= 15 is 0 Å². The molecule has 0 heterocycles. The molecule has 0 saturated carbocycles. The number of aryl methyl sites for hydroxylation is 1. The molecule has 0 fully saturated rings. The lowest BCUT2D eigenvalue weighted by Crippen LogP contribution is -2.29. The van der Waals surface area contributed by atoms with Gasteiger partial charge in [0.15, 0.2) is 0 Å². The fourth-order valence-corrected chi connectivity index (χ4v) is 1.41. The first kappa shape index (κ1) is 12.5. The number of phenols is 1. The number of aromatic hydroxyl groups is 1. The normalized spacial score (nSPS) is 10.1. The van der Waals surface area contributed by atoms with Crippen molar-refractivity contribution in [2.45, 2.75) is 20.4 Å². The lowest BCUT2D eigenvalue weighted by Gasteiger charge is -2.08. The van der Waals surface area contributed by atoms with Crippen LogP contribution in [0.3, 0.4) is 0 Å². The average Bonchev–Trinajstić information content (AvgIpc) is 2.23. The highest BCUT2D eigenvalue weighted by atomic mass is 16.3. The maximum absolute atomic E-state index is 10.6. The van der Waals surface area contributed by atoms with Gasteiger partial charge in [-0.1, -0.05) is 18.2 Å². The van der Waals surface area contributed by atoms with Crippen LogP contribution in [0.15, 0.2) is 18.2 Å². The maximum Gasteiger partial charge on any atom is 0.216 e. The molecule has 16 heavy (non-hydrogen) atoms. The molecule has 0 aromatic heterocycles. The van der Waals surface area contributed by atoms with Gasteiger partial charge in [0.25, 0.3) is 0 Å². The van der Waals surface area contributed by atoms with E-state index in [1.54, 1.807) is 0 Å². The predicted molar refractivity (Wildman–Crippen MR) is 63.2 cm³/mol. The number of hydrogen-bond donors (Lipinski definition) is 3. The molecule has 4 heteroatoms. The lowest BCUT2D eigenvalue weighted by atomic mass is 10.1. The third-order valence-corrected chi connectivity index (χ3v) is 2.31. The van der Waals surface area contributed by atoms with Gasteiger partial charge in [-0.05, 0) is 12.5 Å². The first-order valence-corrected chi connectivity index (χ1v) is 5.34. The van der Waals surface area contributed by atoms with Crippen LogP contribution in [0.1, 0.15) is 18.1 Å². The molecule has 1 amide bonds. The van der Waals surface area contributed by atoms with Gasteiger partial charge in [-0.3, -0.25) is 4.79 Å². The van der Waals surface area contributed by atoms with Crippen LogP contribution in [0.2, 0.25) is 0 Å². The number of phenolic OH excluding ortho intramolecular Hbond substituents is 1. The number of carbonyl (C=O) groups excluding carboxylic acids is 1. The fraction of sp³-hybridized carbons (Fsp3) is 0.417. The standard InChI is InChI=1S/C12H18N2O2/c1-9-4-3-5-11(12(9)16)8-13-6-7-14-10(2)15/h3-5,13,16H,6-8H2,1-2H3,(H,14,15). The zero-order chi connectivity index (χ0) is 12.0. The zero-order valence-electron chi connectivity index (χ0n) is 9.71. The highest BCUT2D eigenvalue weighted by molar-refractivity contribution is 5.72. The maximum atomic E-state index is 10.6. The smallest absolute Gasteiger partial charge is 0.216 e. The van der Waals surface area contributed by atoms with Crippen molar-refractivity contribution in [1.82, 2.24) is 10.6 Å². The molecule has 0 radical (unpaired) electrons. The highest BCUT2D eigenvalue weighted by Crippen LogP contribution is 2.20. The molecule has 4 nitrogen and oxygen atoms in total. The van der Waals surface area contributed by atoms with E-state index in [9.17, 15) is 9.90 Å². The van der Waals surface area contributed by atoms with E-state index in [0.29, 0.717) is 25.4 Å². The number of hydrogen-bond acceptors (Lipinski definition) is 3. The summed E-state index contributed by atoms with van der Waals surface area (Å²) in [4.78, 5) is 10.6. The van der Waals surface area contributed by atoms with Gasteiger partial charge < -0.3 is 15.7 Å². The molecule has 0 aliphatic heterocycles. The summed E-state index contributed by atoms with van der Waals surface area (Å²) in [5.41, 5.74) is 1.75. The van der Waals surface area contributed by atoms with E-state index in [-0.39, 0.29) is 5.91 Å². The van der Waals surface area contributed by atoms with Gasteiger partial charge in [0, 0.05) is 32.1 Å². The molecule has 0 atom stereocenters. The van der Waals surface area contributed by atoms with Crippen LogP contribution in [-0.4, -0.2) is 24.1 Å². The zero-order valence-corrected chi connectivity index (χ0v) is 9.71. The second-order valence-electron chi connectivity index (χ2n) is 3.74. The Hall–Kier alpha value is -1.55. The quantitative estimate of drug-likeness (QED) is 0.649. The number of benzene rings is 1.